The van der Waals surface area contributed by atoms with Crippen molar-refractivity contribution in [2.24, 2.45) is 4.99 Å². The van der Waals surface area contributed by atoms with Gasteiger partial charge in [-0.2, -0.15) is 0 Å². The highest BCUT2D eigenvalue weighted by Crippen LogP contribution is 2.38. The van der Waals surface area contributed by atoms with Gasteiger partial charge in [0.2, 0.25) is 5.90 Å². The van der Waals surface area contributed by atoms with Crippen molar-refractivity contribution < 1.29 is 23.9 Å². The summed E-state index contributed by atoms with van der Waals surface area (Å²) >= 11 is 6.49. The van der Waals surface area contributed by atoms with Crippen molar-refractivity contribution in [2.45, 2.75) is 20.5 Å². The van der Waals surface area contributed by atoms with Crippen LogP contribution in [-0.2, 0) is 16.1 Å². The summed E-state index contributed by atoms with van der Waals surface area (Å²) in [6.07, 6.45) is 1.51. The number of aliphatic imine (C=N–C) groups is 1. The Morgan fingerprint density at radius 2 is 1.89 bits per heavy atom. The van der Waals surface area contributed by atoms with E-state index in [4.69, 9.17) is 25.8 Å². The van der Waals surface area contributed by atoms with Gasteiger partial charge in [-0.05, 0) is 49.2 Å². The van der Waals surface area contributed by atoms with Crippen molar-refractivity contribution in [1.82, 2.24) is 0 Å². The van der Waals surface area contributed by atoms with Gasteiger partial charge in [-0.25, -0.2) is 9.79 Å². The number of cyclic esters (lactones) is 1. The Kier molecular flexibility index (Phi) is 7.12. The molecule has 0 amide bonds. The zero-order valence-corrected chi connectivity index (χ0v) is 19.7. The monoisotopic (exact) mass is 492 g/mol. The zero-order valence-electron chi connectivity index (χ0n) is 19.0. The van der Waals surface area contributed by atoms with Crippen LogP contribution < -0.4 is 9.47 Å². The van der Waals surface area contributed by atoms with Crippen LogP contribution in [0.2, 0.25) is 5.02 Å². The van der Waals surface area contributed by atoms with Crippen LogP contribution in [-0.4, -0.2) is 23.4 Å². The minimum Gasteiger partial charge on any atom is -0.490 e. The fraction of sp³-hybridized carbons (Fsp3) is 0.154. The van der Waals surface area contributed by atoms with Gasteiger partial charge >= 0.3 is 5.97 Å². The summed E-state index contributed by atoms with van der Waals surface area (Å²) < 4.78 is 16.9. The summed E-state index contributed by atoms with van der Waals surface area (Å²) in [5.74, 6) is 0.127. The fourth-order valence-corrected chi connectivity index (χ4v) is 3.71. The number of esters is 1. The van der Waals surface area contributed by atoms with E-state index in [9.17, 15) is 14.9 Å². The molecule has 3 aromatic carbocycles. The number of nitrogens with zero attached hydrogens (tertiary/aromatic N) is 2. The summed E-state index contributed by atoms with van der Waals surface area (Å²) in [5, 5.41) is 11.6. The Morgan fingerprint density at radius 3 is 2.60 bits per heavy atom. The van der Waals surface area contributed by atoms with Crippen LogP contribution >= 0.6 is 11.6 Å². The lowest BCUT2D eigenvalue weighted by atomic mass is 10.1. The first-order valence-electron chi connectivity index (χ1n) is 10.8. The molecule has 0 radical (unpaired) electrons. The number of nitro groups is 1. The maximum absolute atomic E-state index is 12.4. The molecule has 1 heterocycles. The topological polar surface area (TPSA) is 100 Å². The van der Waals surface area contributed by atoms with Crippen molar-refractivity contribution in [3.05, 3.63) is 104 Å². The minimum absolute atomic E-state index is 0.0108. The van der Waals surface area contributed by atoms with Gasteiger partial charge in [-0.15, -0.1) is 0 Å². The largest absolute Gasteiger partial charge is 0.490 e. The van der Waals surface area contributed by atoms with Gasteiger partial charge in [0.15, 0.2) is 17.2 Å². The number of rotatable bonds is 8. The Labute approximate surface area is 206 Å². The van der Waals surface area contributed by atoms with Gasteiger partial charge < -0.3 is 14.2 Å². The quantitative estimate of drug-likeness (QED) is 0.168. The molecule has 9 heteroatoms. The second-order valence-electron chi connectivity index (χ2n) is 7.63. The number of carbonyl (C=O) groups is 1. The lowest BCUT2D eigenvalue weighted by Crippen LogP contribution is -2.06. The van der Waals surface area contributed by atoms with E-state index in [1.54, 1.807) is 31.2 Å². The molecular weight excluding hydrogens is 472 g/mol. The van der Waals surface area contributed by atoms with E-state index in [0.717, 1.165) is 5.56 Å². The molecule has 0 saturated heterocycles. The number of carbonyl (C=O) groups excluding carboxylic acids is 1. The Hall–Kier alpha value is -4.17. The summed E-state index contributed by atoms with van der Waals surface area (Å²) in [4.78, 5) is 27.4. The molecule has 1 aliphatic rings. The number of ether oxygens (including phenoxy) is 3. The molecule has 35 heavy (non-hydrogen) atoms. The summed E-state index contributed by atoms with van der Waals surface area (Å²) in [6, 6.07) is 17.5. The lowest BCUT2D eigenvalue weighted by Gasteiger charge is -2.14. The highest BCUT2D eigenvalue weighted by molar-refractivity contribution is 6.32. The van der Waals surface area contributed by atoms with Crippen molar-refractivity contribution >= 4 is 35.2 Å². The molecule has 0 unspecified atom stereocenters. The van der Waals surface area contributed by atoms with E-state index in [1.807, 2.05) is 37.3 Å². The number of aryl methyl sites for hydroxylation is 1. The summed E-state index contributed by atoms with van der Waals surface area (Å²) in [7, 11) is 0. The van der Waals surface area contributed by atoms with E-state index in [-0.39, 0.29) is 17.3 Å². The summed E-state index contributed by atoms with van der Waals surface area (Å²) in [6.45, 7) is 4.16. The molecule has 0 fully saturated rings. The molecule has 4 rings (SSSR count). The number of hydrogen-bond donors (Lipinski definition) is 0. The van der Waals surface area contributed by atoms with Crippen molar-refractivity contribution in [3.8, 4) is 11.5 Å². The SMILES string of the molecule is CCOc1cc(/C=C2\N=C(c3ccc(C)c([N+](=O)[O-])c3)OC2=O)cc(Cl)c1OCc1ccccc1. The second-order valence-corrected chi connectivity index (χ2v) is 8.04. The predicted molar refractivity (Wildman–Crippen MR) is 132 cm³/mol. The van der Waals surface area contributed by atoms with Gasteiger partial charge in [-0.3, -0.25) is 10.1 Å². The first kappa shape index (κ1) is 24.0. The number of nitro benzene ring substituents is 1. The van der Waals surface area contributed by atoms with Crippen molar-refractivity contribution in [1.29, 1.82) is 0 Å². The molecule has 0 spiro atoms. The van der Waals surface area contributed by atoms with Crippen LogP contribution in [0, 0.1) is 17.0 Å². The molecule has 0 N–H and O–H groups in total. The number of halogens is 1. The highest BCUT2D eigenvalue weighted by atomic mass is 35.5. The van der Waals surface area contributed by atoms with Crippen LogP contribution in [0.15, 0.2) is 71.4 Å². The van der Waals surface area contributed by atoms with Gasteiger partial charge in [0, 0.05) is 17.2 Å². The third-order valence-electron chi connectivity index (χ3n) is 5.13. The van der Waals surface area contributed by atoms with Crippen LogP contribution in [0.4, 0.5) is 5.69 Å². The molecule has 178 valence electrons. The third kappa shape index (κ3) is 5.50. The third-order valence-corrected chi connectivity index (χ3v) is 5.42. The first-order valence-corrected chi connectivity index (χ1v) is 11.1. The van der Waals surface area contributed by atoms with Gasteiger partial charge in [0.05, 0.1) is 16.6 Å². The number of benzene rings is 3. The van der Waals surface area contributed by atoms with Crippen LogP contribution in [0.5, 0.6) is 11.5 Å². The van der Waals surface area contributed by atoms with Crippen molar-refractivity contribution in [2.75, 3.05) is 6.61 Å². The molecule has 0 aliphatic carbocycles. The fourth-order valence-electron chi connectivity index (χ4n) is 3.43. The normalized spacial score (nSPS) is 14.0. The average molecular weight is 493 g/mol. The van der Waals surface area contributed by atoms with E-state index >= 15 is 0 Å². The van der Waals surface area contributed by atoms with Crippen LogP contribution in [0.25, 0.3) is 6.08 Å². The Bertz CT molecular complexity index is 1350. The molecule has 1 aliphatic heterocycles. The molecule has 8 nitrogen and oxygen atoms in total. The van der Waals surface area contributed by atoms with Crippen molar-refractivity contribution in [3.63, 3.8) is 0 Å². The summed E-state index contributed by atoms with van der Waals surface area (Å²) in [5.41, 5.74) is 2.29. The highest BCUT2D eigenvalue weighted by Gasteiger charge is 2.26. The zero-order chi connectivity index (χ0) is 24.9. The number of hydrogen-bond acceptors (Lipinski definition) is 7. The molecule has 3 aromatic rings. The van der Waals surface area contributed by atoms with E-state index in [2.05, 4.69) is 4.99 Å². The maximum Gasteiger partial charge on any atom is 0.363 e. The van der Waals surface area contributed by atoms with Gasteiger partial charge in [0.1, 0.15) is 6.61 Å². The molecule has 0 saturated carbocycles. The van der Waals surface area contributed by atoms with E-state index < -0.39 is 10.9 Å². The Morgan fingerprint density at radius 1 is 1.11 bits per heavy atom. The Balaban J connectivity index is 1.63. The first-order chi connectivity index (χ1) is 16.9. The lowest BCUT2D eigenvalue weighted by molar-refractivity contribution is -0.385. The van der Waals surface area contributed by atoms with Crippen LogP contribution in [0.1, 0.15) is 29.2 Å². The predicted octanol–water partition coefficient (Wildman–Crippen LogP) is 5.88. The smallest absolute Gasteiger partial charge is 0.363 e. The standard InChI is InChI=1S/C26H21ClN2O6/c1-3-33-23-13-18(11-20(27)24(23)34-15-17-7-5-4-6-8-17)12-21-26(30)35-25(28-21)19-10-9-16(2)22(14-19)29(31)32/h4-14H,3,15H2,1-2H3/b21-12-. The molecular formula is C26H21ClN2O6. The molecule has 0 atom stereocenters. The van der Waals surface area contributed by atoms with Gasteiger partial charge in [0.25, 0.3) is 5.69 Å². The van der Waals surface area contributed by atoms with Gasteiger partial charge in [-0.1, -0.05) is 48.0 Å². The molecule has 0 bridgehead atoms. The average Bonchev–Trinajstić information content (AvgIpc) is 3.19. The molecule has 0 aromatic heterocycles. The maximum atomic E-state index is 12.4. The van der Waals surface area contributed by atoms with Crippen LogP contribution in [0.3, 0.4) is 0 Å². The minimum atomic E-state index is -0.679. The van der Waals surface area contributed by atoms with E-state index in [0.29, 0.717) is 46.4 Å². The van der Waals surface area contributed by atoms with E-state index in [1.165, 1.54) is 12.1 Å². The second kappa shape index (κ2) is 10.4.